The highest BCUT2D eigenvalue weighted by atomic mass is 31.2. The Kier molecular flexibility index (Phi) is 14.5. The molecule has 0 aliphatic carbocycles. The number of aromatic nitrogens is 4. The molecule has 316 valence electrons. The highest BCUT2D eigenvalue weighted by Gasteiger charge is 2.45. The number of imidazole rings is 1. The zero-order valence-electron chi connectivity index (χ0n) is 35.5. The Morgan fingerprint density at radius 1 is 0.820 bits per heavy atom. The Hall–Kier alpha value is -5.51. The second-order valence-electron chi connectivity index (χ2n) is 15.2. The van der Waals surface area contributed by atoms with E-state index >= 15 is 0 Å². The fourth-order valence-electron chi connectivity index (χ4n) is 7.77. The number of benzene rings is 4. The standard InChI is InChI=1S/C48H53N6O6P/c1-34(2)54(35(3)4)61(58-29-13-28-49)60-43-30-45(53-33-52-46-42(50-32-51-47(46)53)27-18-36-14-9-7-10-15-36)59-44(43)31-57-48(37-16-11-8-12-17-37,38-19-23-40(55-5)24-20-38)39-21-25-41(56-6)26-22-39/h7-12,14-27,32-35,43-45H,13,29-31H2,1-6H3/t43-,44+,45+,61?/m0/s1. The van der Waals surface area contributed by atoms with Crippen molar-refractivity contribution in [3.05, 3.63) is 150 Å². The van der Waals surface area contributed by atoms with Gasteiger partial charge in [-0.25, -0.2) is 19.6 Å². The van der Waals surface area contributed by atoms with Crippen molar-refractivity contribution in [3.63, 3.8) is 0 Å². The number of ether oxygens (including phenoxy) is 4. The number of nitrogens with zero attached hydrogens (tertiary/aromatic N) is 6. The van der Waals surface area contributed by atoms with Gasteiger partial charge < -0.3 is 28.0 Å². The van der Waals surface area contributed by atoms with Gasteiger partial charge in [0.2, 0.25) is 0 Å². The van der Waals surface area contributed by atoms with Crippen LogP contribution in [-0.4, -0.2) is 75.9 Å². The number of hydrogen-bond donors (Lipinski definition) is 0. The molecular weight excluding hydrogens is 788 g/mol. The van der Waals surface area contributed by atoms with Gasteiger partial charge in [-0.15, -0.1) is 0 Å². The zero-order valence-corrected chi connectivity index (χ0v) is 36.4. The summed E-state index contributed by atoms with van der Waals surface area (Å²) >= 11 is 0. The van der Waals surface area contributed by atoms with Crippen LogP contribution in [0.4, 0.5) is 0 Å². The SMILES string of the molecule is COc1ccc(C(OC[C@H]2O[C@@H](n3cnc4c(C=Cc5ccccc5)ncnc43)C[C@@H]2OP(OCCC#N)N(C(C)C)C(C)C)(c2ccccc2)c2ccc(OC)cc2)cc1. The molecule has 0 amide bonds. The van der Waals surface area contributed by atoms with Crippen molar-refractivity contribution < 1.29 is 28.0 Å². The molecule has 0 radical (unpaired) electrons. The van der Waals surface area contributed by atoms with Crippen molar-refractivity contribution in [2.75, 3.05) is 27.4 Å². The maximum atomic E-state index is 9.44. The Balaban J connectivity index is 1.29. The molecule has 13 heteroatoms. The average Bonchev–Trinajstić information content (AvgIpc) is 3.91. The summed E-state index contributed by atoms with van der Waals surface area (Å²) in [6, 6.07) is 38.6. The second-order valence-corrected chi connectivity index (χ2v) is 16.6. The topological polar surface area (TPSA) is 126 Å². The number of methoxy groups -OCH3 is 2. The van der Waals surface area contributed by atoms with Gasteiger partial charge in [0.05, 0.1) is 58.0 Å². The molecule has 0 saturated carbocycles. The molecule has 3 heterocycles. The maximum absolute atomic E-state index is 9.44. The molecule has 1 aliphatic heterocycles. The molecule has 0 N–H and O–H groups in total. The van der Waals surface area contributed by atoms with Gasteiger partial charge in [-0.05, 0) is 80.3 Å². The van der Waals surface area contributed by atoms with Gasteiger partial charge in [0, 0.05) is 18.5 Å². The summed E-state index contributed by atoms with van der Waals surface area (Å²) in [5.74, 6) is 1.46. The lowest BCUT2D eigenvalue weighted by Crippen LogP contribution is -2.39. The lowest BCUT2D eigenvalue weighted by Gasteiger charge is -2.39. The summed E-state index contributed by atoms with van der Waals surface area (Å²) < 4.78 is 43.3. The molecule has 1 aliphatic rings. The average molecular weight is 841 g/mol. The second kappa shape index (κ2) is 20.4. The molecule has 0 bridgehead atoms. The van der Waals surface area contributed by atoms with Crippen LogP contribution < -0.4 is 9.47 Å². The summed E-state index contributed by atoms with van der Waals surface area (Å²) in [6.45, 7) is 8.87. The minimum Gasteiger partial charge on any atom is -0.497 e. The van der Waals surface area contributed by atoms with Crippen molar-refractivity contribution in [2.24, 2.45) is 0 Å². The van der Waals surface area contributed by atoms with E-state index < -0.39 is 32.6 Å². The van der Waals surface area contributed by atoms with Crippen LogP contribution in [0.2, 0.25) is 0 Å². The van der Waals surface area contributed by atoms with E-state index in [4.69, 9.17) is 38.0 Å². The smallest absolute Gasteiger partial charge is 0.259 e. The van der Waals surface area contributed by atoms with Crippen LogP contribution in [0.5, 0.6) is 11.5 Å². The van der Waals surface area contributed by atoms with Gasteiger partial charge in [0.15, 0.2) is 5.65 Å². The molecule has 4 atom stereocenters. The molecular formula is C48H53N6O6P. The number of hydrogen-bond acceptors (Lipinski definition) is 11. The van der Waals surface area contributed by atoms with E-state index in [9.17, 15) is 5.26 Å². The lowest BCUT2D eigenvalue weighted by molar-refractivity contribution is -0.0912. The van der Waals surface area contributed by atoms with Gasteiger partial charge in [0.1, 0.15) is 41.3 Å². The minimum atomic E-state index is -1.62. The molecule has 2 aromatic heterocycles. The van der Waals surface area contributed by atoms with Crippen LogP contribution in [0.25, 0.3) is 23.3 Å². The fraction of sp³-hybridized carbons (Fsp3) is 0.333. The number of fused-ring (bicyclic) bond motifs is 1. The van der Waals surface area contributed by atoms with Gasteiger partial charge in [0.25, 0.3) is 8.53 Å². The van der Waals surface area contributed by atoms with Gasteiger partial charge >= 0.3 is 0 Å². The third-order valence-corrected chi connectivity index (χ3v) is 12.8. The lowest BCUT2D eigenvalue weighted by atomic mass is 9.80. The quantitative estimate of drug-likeness (QED) is 0.0440. The van der Waals surface area contributed by atoms with Crippen molar-refractivity contribution in [2.45, 2.75) is 76.7 Å². The number of nitriles is 1. The molecule has 6 aromatic rings. The molecule has 4 aromatic carbocycles. The molecule has 0 spiro atoms. The Morgan fingerprint density at radius 2 is 1.43 bits per heavy atom. The third-order valence-electron chi connectivity index (χ3n) is 10.6. The first-order chi connectivity index (χ1) is 29.7. The summed E-state index contributed by atoms with van der Waals surface area (Å²) in [7, 11) is 1.69. The Labute approximate surface area is 359 Å². The van der Waals surface area contributed by atoms with Gasteiger partial charge in [-0.1, -0.05) is 91.0 Å². The number of rotatable bonds is 19. The monoisotopic (exact) mass is 840 g/mol. The molecule has 1 unspecified atom stereocenters. The van der Waals surface area contributed by atoms with Crippen molar-refractivity contribution in [3.8, 4) is 17.6 Å². The van der Waals surface area contributed by atoms with Crippen molar-refractivity contribution >= 4 is 31.8 Å². The highest BCUT2D eigenvalue weighted by Crippen LogP contribution is 2.51. The van der Waals surface area contributed by atoms with Crippen molar-refractivity contribution in [1.29, 1.82) is 5.26 Å². The Morgan fingerprint density at radius 3 is 2.02 bits per heavy atom. The molecule has 12 nitrogen and oxygen atoms in total. The molecule has 7 rings (SSSR count). The van der Waals surface area contributed by atoms with E-state index in [1.54, 1.807) is 26.9 Å². The van der Waals surface area contributed by atoms with E-state index in [0.717, 1.165) is 33.8 Å². The first-order valence-electron chi connectivity index (χ1n) is 20.5. The summed E-state index contributed by atoms with van der Waals surface area (Å²) in [5, 5.41) is 9.44. The first-order valence-corrected chi connectivity index (χ1v) is 21.7. The largest absolute Gasteiger partial charge is 0.497 e. The zero-order chi connectivity index (χ0) is 42.8. The maximum Gasteiger partial charge on any atom is 0.259 e. The van der Waals surface area contributed by atoms with Crippen LogP contribution in [-0.2, 0) is 24.1 Å². The minimum absolute atomic E-state index is 0.105. The van der Waals surface area contributed by atoms with Crippen LogP contribution in [0.1, 0.15) is 74.7 Å². The summed E-state index contributed by atoms with van der Waals surface area (Å²) in [6.07, 6.45) is 6.39. The normalized spacial score (nSPS) is 17.4. The summed E-state index contributed by atoms with van der Waals surface area (Å²) in [5.41, 5.74) is 4.69. The summed E-state index contributed by atoms with van der Waals surface area (Å²) in [4.78, 5) is 14.1. The highest BCUT2D eigenvalue weighted by molar-refractivity contribution is 7.44. The van der Waals surface area contributed by atoms with E-state index in [1.807, 2.05) is 114 Å². The fourth-order valence-corrected chi connectivity index (χ4v) is 9.52. The van der Waals surface area contributed by atoms with Crippen LogP contribution >= 0.6 is 8.53 Å². The molecule has 61 heavy (non-hydrogen) atoms. The van der Waals surface area contributed by atoms with Gasteiger partial charge in [-0.3, -0.25) is 4.57 Å². The third kappa shape index (κ3) is 9.84. The van der Waals surface area contributed by atoms with Crippen LogP contribution in [0.15, 0.2) is 122 Å². The van der Waals surface area contributed by atoms with Gasteiger partial charge in [-0.2, -0.15) is 5.26 Å². The van der Waals surface area contributed by atoms with E-state index in [0.29, 0.717) is 23.3 Å². The van der Waals surface area contributed by atoms with Crippen LogP contribution in [0.3, 0.4) is 0 Å². The van der Waals surface area contributed by atoms with E-state index in [2.05, 4.69) is 55.6 Å². The molecule has 1 saturated heterocycles. The first kappa shape index (κ1) is 43.6. The predicted octanol–water partition coefficient (Wildman–Crippen LogP) is 9.97. The Bertz CT molecular complexity index is 2320. The van der Waals surface area contributed by atoms with Crippen molar-refractivity contribution in [1.82, 2.24) is 24.2 Å². The van der Waals surface area contributed by atoms with Crippen LogP contribution in [0, 0.1) is 11.3 Å². The van der Waals surface area contributed by atoms with E-state index in [-0.39, 0.29) is 31.7 Å². The predicted molar refractivity (Wildman–Crippen MR) is 238 cm³/mol. The van der Waals surface area contributed by atoms with E-state index in [1.165, 1.54) is 0 Å². The molecule has 1 fully saturated rings.